The summed E-state index contributed by atoms with van der Waals surface area (Å²) in [5.41, 5.74) is 0. The van der Waals surface area contributed by atoms with Gasteiger partial charge in [0.2, 0.25) is 0 Å². The molecule has 15 heavy (non-hydrogen) atoms. The van der Waals surface area contributed by atoms with Crippen LogP contribution in [0.3, 0.4) is 0 Å². The maximum absolute atomic E-state index is 8.36. The van der Waals surface area contributed by atoms with E-state index in [1.807, 2.05) is 6.92 Å². The van der Waals surface area contributed by atoms with Crippen molar-refractivity contribution >= 4 is 0 Å². The van der Waals surface area contributed by atoms with Gasteiger partial charge in [-0.15, -0.1) is 0 Å². The minimum absolute atomic E-state index is 0.116. The maximum Gasteiger partial charge on any atom is 0.0509 e. The molecule has 3 atom stereocenters. The van der Waals surface area contributed by atoms with Crippen molar-refractivity contribution in [2.75, 3.05) is 13.6 Å². The summed E-state index contributed by atoms with van der Waals surface area (Å²) in [6, 6.07) is 0.833. The van der Waals surface area contributed by atoms with E-state index in [9.17, 15) is 0 Å². The number of hydrogen-bond acceptors (Lipinski definition) is 2. The second-order valence-electron chi connectivity index (χ2n) is 4.82. The summed E-state index contributed by atoms with van der Waals surface area (Å²) in [7, 11) is 2.24. The molecule has 0 spiro atoms. The highest BCUT2D eigenvalue weighted by atomic mass is 16.3. The molecular formula is C13H29NO. The minimum atomic E-state index is -0.116. The van der Waals surface area contributed by atoms with Crippen molar-refractivity contribution in [2.45, 2.75) is 65.5 Å². The fraction of sp³-hybridized carbons (Fsp3) is 1.00. The van der Waals surface area contributed by atoms with Crippen molar-refractivity contribution < 1.29 is 5.11 Å². The molecule has 92 valence electrons. The third-order valence-corrected chi connectivity index (χ3v) is 3.48. The van der Waals surface area contributed by atoms with Crippen LogP contribution < -0.4 is 0 Å². The molecule has 0 bridgehead atoms. The molecule has 1 aliphatic heterocycles. The summed E-state index contributed by atoms with van der Waals surface area (Å²) in [5.74, 6) is 0.981. The van der Waals surface area contributed by atoms with E-state index >= 15 is 0 Å². The van der Waals surface area contributed by atoms with Gasteiger partial charge in [0.05, 0.1) is 6.10 Å². The Bertz CT molecular complexity index is 145. The quantitative estimate of drug-likeness (QED) is 0.782. The molecule has 0 amide bonds. The summed E-state index contributed by atoms with van der Waals surface area (Å²) in [4.78, 5) is 2.47. The van der Waals surface area contributed by atoms with Gasteiger partial charge in [0.25, 0.3) is 0 Å². The fourth-order valence-electron chi connectivity index (χ4n) is 1.93. The van der Waals surface area contributed by atoms with Gasteiger partial charge in [-0.3, -0.25) is 0 Å². The average molecular weight is 215 g/mol. The summed E-state index contributed by atoms with van der Waals surface area (Å²) < 4.78 is 0. The normalized spacial score (nSPS) is 28.4. The van der Waals surface area contributed by atoms with Crippen LogP contribution in [0.4, 0.5) is 0 Å². The molecule has 1 aliphatic rings. The predicted molar refractivity (Wildman–Crippen MR) is 67.1 cm³/mol. The van der Waals surface area contributed by atoms with Gasteiger partial charge in [-0.05, 0) is 52.6 Å². The Morgan fingerprint density at radius 2 is 1.93 bits per heavy atom. The molecule has 0 aliphatic carbocycles. The monoisotopic (exact) mass is 215 g/mol. The zero-order valence-corrected chi connectivity index (χ0v) is 11.2. The van der Waals surface area contributed by atoms with Crippen molar-refractivity contribution in [3.8, 4) is 0 Å². The van der Waals surface area contributed by atoms with Crippen LogP contribution in [0.1, 0.15) is 53.4 Å². The van der Waals surface area contributed by atoms with Crippen LogP contribution >= 0.6 is 0 Å². The highest BCUT2D eigenvalue weighted by Crippen LogP contribution is 2.25. The fourth-order valence-corrected chi connectivity index (χ4v) is 1.93. The van der Waals surface area contributed by atoms with E-state index in [0.29, 0.717) is 0 Å². The lowest BCUT2D eigenvalue weighted by Gasteiger charge is -2.19. The zero-order chi connectivity index (χ0) is 11.8. The maximum atomic E-state index is 8.36. The molecule has 1 saturated heterocycles. The van der Waals surface area contributed by atoms with Crippen LogP contribution in [0.5, 0.6) is 0 Å². The van der Waals surface area contributed by atoms with Crippen LogP contribution in [0, 0.1) is 5.92 Å². The lowest BCUT2D eigenvalue weighted by Crippen LogP contribution is -2.25. The number of aliphatic hydroxyl groups excluding tert-OH is 1. The second kappa shape index (κ2) is 8.12. The molecule has 0 saturated carbocycles. The van der Waals surface area contributed by atoms with Crippen LogP contribution in [-0.4, -0.2) is 35.7 Å². The van der Waals surface area contributed by atoms with E-state index in [1.54, 1.807) is 6.92 Å². The molecule has 1 N–H and O–H groups in total. The Morgan fingerprint density at radius 1 is 1.40 bits per heavy atom. The largest absolute Gasteiger partial charge is 0.393 e. The first-order valence-electron chi connectivity index (χ1n) is 6.41. The van der Waals surface area contributed by atoms with Gasteiger partial charge in [-0.25, -0.2) is 0 Å². The third-order valence-electron chi connectivity index (χ3n) is 3.48. The standard InChI is InChI=1S/C9H19N.C4H10O/c1-4-5-9-6-7-10(3)8(9)2;1-3-4(2)5/h8-9H,4-7H2,1-3H3;4-5H,3H2,1-2H3. The second-order valence-corrected chi connectivity index (χ2v) is 4.82. The van der Waals surface area contributed by atoms with E-state index in [1.165, 1.54) is 25.8 Å². The Morgan fingerprint density at radius 3 is 2.20 bits per heavy atom. The van der Waals surface area contributed by atoms with Gasteiger partial charge < -0.3 is 10.0 Å². The van der Waals surface area contributed by atoms with Crippen LogP contribution in [0.15, 0.2) is 0 Å². The van der Waals surface area contributed by atoms with Gasteiger partial charge in [0, 0.05) is 6.04 Å². The van der Waals surface area contributed by atoms with Gasteiger partial charge in [0.15, 0.2) is 0 Å². The van der Waals surface area contributed by atoms with Crippen molar-refractivity contribution in [1.82, 2.24) is 4.90 Å². The molecular weight excluding hydrogens is 186 g/mol. The summed E-state index contributed by atoms with van der Waals surface area (Å²) >= 11 is 0. The van der Waals surface area contributed by atoms with E-state index in [4.69, 9.17) is 5.11 Å². The molecule has 1 rings (SSSR count). The Kier molecular flexibility index (Phi) is 8.07. The highest BCUT2D eigenvalue weighted by molar-refractivity contribution is 4.80. The number of hydrogen-bond donors (Lipinski definition) is 1. The summed E-state index contributed by atoms with van der Waals surface area (Å²) in [6.07, 6.45) is 4.94. The first-order valence-corrected chi connectivity index (χ1v) is 6.41. The van der Waals surface area contributed by atoms with Gasteiger partial charge in [0.1, 0.15) is 0 Å². The number of rotatable bonds is 3. The lowest BCUT2D eigenvalue weighted by atomic mass is 9.97. The zero-order valence-electron chi connectivity index (χ0n) is 11.2. The van der Waals surface area contributed by atoms with Crippen molar-refractivity contribution in [3.63, 3.8) is 0 Å². The van der Waals surface area contributed by atoms with Crippen LogP contribution in [0.25, 0.3) is 0 Å². The van der Waals surface area contributed by atoms with Crippen LogP contribution in [-0.2, 0) is 0 Å². The molecule has 0 radical (unpaired) electrons. The van der Waals surface area contributed by atoms with E-state index in [2.05, 4.69) is 25.8 Å². The van der Waals surface area contributed by atoms with E-state index in [-0.39, 0.29) is 6.10 Å². The van der Waals surface area contributed by atoms with Gasteiger partial charge in [-0.2, -0.15) is 0 Å². The summed E-state index contributed by atoms with van der Waals surface area (Å²) in [6.45, 7) is 9.68. The lowest BCUT2D eigenvalue weighted by molar-refractivity contribution is 0.191. The smallest absolute Gasteiger partial charge is 0.0509 e. The van der Waals surface area contributed by atoms with Gasteiger partial charge in [-0.1, -0.05) is 20.3 Å². The number of aliphatic hydroxyl groups is 1. The third kappa shape index (κ3) is 6.16. The Balaban J connectivity index is 0.000000336. The van der Waals surface area contributed by atoms with Gasteiger partial charge >= 0.3 is 0 Å². The first-order chi connectivity index (χ1) is 7.02. The highest BCUT2D eigenvalue weighted by Gasteiger charge is 2.26. The molecule has 3 unspecified atom stereocenters. The number of nitrogens with zero attached hydrogens (tertiary/aromatic N) is 1. The molecule has 0 aromatic heterocycles. The van der Waals surface area contributed by atoms with E-state index in [0.717, 1.165) is 18.4 Å². The molecule has 2 heteroatoms. The van der Waals surface area contributed by atoms with Crippen LogP contribution in [0.2, 0.25) is 0 Å². The molecule has 2 nitrogen and oxygen atoms in total. The molecule has 1 fully saturated rings. The summed E-state index contributed by atoms with van der Waals surface area (Å²) in [5, 5.41) is 8.36. The predicted octanol–water partition coefficient (Wildman–Crippen LogP) is 2.90. The average Bonchev–Trinajstić information content (AvgIpc) is 2.51. The Labute approximate surface area is 95.7 Å². The Hall–Kier alpha value is -0.0800. The van der Waals surface area contributed by atoms with Crippen molar-refractivity contribution in [3.05, 3.63) is 0 Å². The minimum Gasteiger partial charge on any atom is -0.393 e. The topological polar surface area (TPSA) is 23.5 Å². The first kappa shape index (κ1) is 14.9. The van der Waals surface area contributed by atoms with E-state index < -0.39 is 0 Å². The molecule has 1 heterocycles. The SMILES string of the molecule is CCC(C)O.CCCC1CCN(C)C1C. The number of likely N-dealkylation sites (tertiary alicyclic amines) is 1. The van der Waals surface area contributed by atoms with Crippen molar-refractivity contribution in [1.29, 1.82) is 0 Å². The molecule has 0 aromatic rings. The molecule has 0 aromatic carbocycles. The van der Waals surface area contributed by atoms with Crippen molar-refractivity contribution in [2.24, 2.45) is 5.92 Å².